The van der Waals surface area contributed by atoms with Crippen molar-refractivity contribution in [1.82, 2.24) is 0 Å². The number of ether oxygens (including phenoxy) is 1. The van der Waals surface area contributed by atoms with Gasteiger partial charge in [-0.25, -0.2) is 0 Å². The monoisotopic (exact) mass is 322 g/mol. The van der Waals surface area contributed by atoms with Crippen molar-refractivity contribution in [3.8, 4) is 0 Å². The molecule has 0 unspecified atom stereocenters. The van der Waals surface area contributed by atoms with Crippen LogP contribution in [0.1, 0.15) is 37.5 Å². The van der Waals surface area contributed by atoms with Gasteiger partial charge < -0.3 is 4.74 Å². The van der Waals surface area contributed by atoms with Crippen LogP contribution in [0, 0.1) is 0 Å². The number of hydrogen-bond acceptors (Lipinski definition) is 2. The first-order valence-electron chi connectivity index (χ1n) is 6.46. The normalized spacial score (nSPS) is 14.3. The van der Waals surface area contributed by atoms with Gasteiger partial charge in [0.25, 0.3) is 0 Å². The Hall–Kier alpha value is -0.0900. The Kier molecular flexibility index (Phi) is 8.00. The summed E-state index contributed by atoms with van der Waals surface area (Å²) in [7, 11) is -0.963. The highest BCUT2D eigenvalue weighted by atomic mass is 35.5. The van der Waals surface area contributed by atoms with Crippen molar-refractivity contribution >= 4 is 34.0 Å². The summed E-state index contributed by atoms with van der Waals surface area (Å²) in [6.45, 7) is 5.34. The van der Waals surface area contributed by atoms with Gasteiger partial charge in [0.1, 0.15) is 0 Å². The molecule has 1 aromatic carbocycles. The lowest BCUT2D eigenvalue weighted by Gasteiger charge is -2.13. The smallest absolute Gasteiger partial charge is 0.0595 e. The van der Waals surface area contributed by atoms with Crippen LogP contribution in [0.25, 0.3) is 0 Å². The number of benzene rings is 1. The van der Waals surface area contributed by atoms with Crippen LogP contribution in [0.3, 0.4) is 0 Å². The van der Waals surface area contributed by atoms with Gasteiger partial charge in [-0.2, -0.15) is 0 Å². The fourth-order valence-electron chi connectivity index (χ4n) is 1.58. The van der Waals surface area contributed by atoms with E-state index in [0.29, 0.717) is 22.4 Å². The van der Waals surface area contributed by atoms with E-state index in [0.717, 1.165) is 25.0 Å². The summed E-state index contributed by atoms with van der Waals surface area (Å²) >= 11 is 11.8. The molecule has 0 aromatic heterocycles. The number of unbranched alkanes of at least 4 members (excludes halogenated alkanes) is 1. The SMILES string of the molecule is CCCCOCC[S@@](=O)[C@H](C)c1ccc(Cl)c(Cl)c1. The topological polar surface area (TPSA) is 26.3 Å². The lowest BCUT2D eigenvalue weighted by Crippen LogP contribution is -2.12. The summed E-state index contributed by atoms with van der Waals surface area (Å²) in [5.74, 6) is 0.547. The molecular weight excluding hydrogens is 303 g/mol. The van der Waals surface area contributed by atoms with Crippen molar-refractivity contribution < 1.29 is 8.95 Å². The second kappa shape index (κ2) is 8.96. The molecule has 0 aliphatic rings. The molecule has 2 nitrogen and oxygen atoms in total. The standard InChI is InChI=1S/C14H20Cl2O2S/c1-3-4-7-18-8-9-19(17)11(2)12-5-6-13(15)14(16)10-12/h5-6,10-11H,3-4,7-9H2,1-2H3/t11-,19-/m1/s1. The van der Waals surface area contributed by atoms with Crippen LogP contribution in [0.4, 0.5) is 0 Å². The maximum atomic E-state index is 12.1. The third kappa shape index (κ3) is 5.82. The van der Waals surface area contributed by atoms with E-state index in [1.54, 1.807) is 12.1 Å². The van der Waals surface area contributed by atoms with Gasteiger partial charge in [-0.05, 0) is 31.0 Å². The van der Waals surface area contributed by atoms with Gasteiger partial charge >= 0.3 is 0 Å². The highest BCUT2D eigenvalue weighted by Gasteiger charge is 2.14. The van der Waals surface area contributed by atoms with Gasteiger partial charge in [-0.1, -0.05) is 42.6 Å². The van der Waals surface area contributed by atoms with Crippen molar-refractivity contribution in [2.75, 3.05) is 19.0 Å². The molecule has 0 aliphatic heterocycles. The average Bonchev–Trinajstić information content (AvgIpc) is 2.40. The first-order chi connectivity index (χ1) is 9.06. The molecule has 0 N–H and O–H groups in total. The highest BCUT2D eigenvalue weighted by molar-refractivity contribution is 7.85. The summed E-state index contributed by atoms with van der Waals surface area (Å²) in [5.41, 5.74) is 0.946. The van der Waals surface area contributed by atoms with Crippen LogP contribution in [0.15, 0.2) is 18.2 Å². The van der Waals surface area contributed by atoms with Crippen LogP contribution in [-0.2, 0) is 15.5 Å². The van der Waals surface area contributed by atoms with E-state index in [4.69, 9.17) is 27.9 Å². The molecule has 19 heavy (non-hydrogen) atoms. The second-order valence-corrected chi connectivity index (χ2v) is 7.06. The maximum absolute atomic E-state index is 12.1. The minimum atomic E-state index is -0.963. The van der Waals surface area contributed by atoms with E-state index in [2.05, 4.69) is 6.92 Å². The number of rotatable bonds is 8. The Labute approximate surface area is 127 Å². The number of hydrogen-bond donors (Lipinski definition) is 0. The van der Waals surface area contributed by atoms with Gasteiger partial charge in [0.15, 0.2) is 0 Å². The Morgan fingerprint density at radius 3 is 2.63 bits per heavy atom. The molecule has 0 aliphatic carbocycles. The minimum Gasteiger partial charge on any atom is -0.380 e. The molecule has 0 saturated carbocycles. The molecule has 0 spiro atoms. The van der Waals surface area contributed by atoms with Crippen molar-refractivity contribution in [3.63, 3.8) is 0 Å². The van der Waals surface area contributed by atoms with Crippen LogP contribution in [0.2, 0.25) is 10.0 Å². The van der Waals surface area contributed by atoms with Crippen molar-refractivity contribution in [2.45, 2.75) is 31.9 Å². The fraction of sp³-hybridized carbons (Fsp3) is 0.571. The molecule has 108 valence electrons. The van der Waals surface area contributed by atoms with Crippen molar-refractivity contribution in [3.05, 3.63) is 33.8 Å². The third-order valence-corrected chi connectivity index (χ3v) is 5.25. The molecule has 0 amide bonds. The Morgan fingerprint density at radius 2 is 2.00 bits per heavy atom. The summed E-state index contributed by atoms with van der Waals surface area (Å²) in [6, 6.07) is 5.39. The molecule has 0 radical (unpaired) electrons. The second-order valence-electron chi connectivity index (χ2n) is 4.37. The average molecular weight is 323 g/mol. The molecule has 5 heteroatoms. The van der Waals surface area contributed by atoms with Crippen molar-refractivity contribution in [2.24, 2.45) is 0 Å². The third-order valence-electron chi connectivity index (χ3n) is 2.88. The summed E-state index contributed by atoms with van der Waals surface area (Å²) in [6.07, 6.45) is 2.16. The predicted octanol–water partition coefficient (Wildman–Crippen LogP) is 4.62. The zero-order chi connectivity index (χ0) is 14.3. The van der Waals surface area contributed by atoms with E-state index in [1.807, 2.05) is 13.0 Å². The van der Waals surface area contributed by atoms with E-state index < -0.39 is 10.8 Å². The first kappa shape index (κ1) is 17.0. The summed E-state index contributed by atoms with van der Waals surface area (Å²) in [4.78, 5) is 0. The van der Waals surface area contributed by atoms with Gasteiger partial charge in [-0.15, -0.1) is 0 Å². The zero-order valence-corrected chi connectivity index (χ0v) is 13.7. The Bertz CT molecular complexity index is 424. The van der Waals surface area contributed by atoms with Crippen molar-refractivity contribution in [1.29, 1.82) is 0 Å². The summed E-state index contributed by atoms with van der Waals surface area (Å²) in [5, 5.41) is 0.957. The van der Waals surface area contributed by atoms with Gasteiger partial charge in [0.05, 0.1) is 21.9 Å². The fourth-order valence-corrected chi connectivity index (χ4v) is 2.98. The molecule has 1 rings (SSSR count). The van der Waals surface area contributed by atoms with E-state index >= 15 is 0 Å². The molecular formula is C14H20Cl2O2S. The number of halogens is 2. The first-order valence-corrected chi connectivity index (χ1v) is 8.60. The van der Waals surface area contributed by atoms with Gasteiger partial charge in [-0.3, -0.25) is 4.21 Å². The van der Waals surface area contributed by atoms with E-state index in [-0.39, 0.29) is 5.25 Å². The largest absolute Gasteiger partial charge is 0.380 e. The van der Waals surface area contributed by atoms with E-state index in [9.17, 15) is 4.21 Å². The Morgan fingerprint density at radius 1 is 1.26 bits per heavy atom. The van der Waals surface area contributed by atoms with E-state index in [1.165, 1.54) is 0 Å². The molecule has 0 heterocycles. The lowest BCUT2D eigenvalue weighted by atomic mass is 10.2. The van der Waals surface area contributed by atoms with Crippen LogP contribution in [0.5, 0.6) is 0 Å². The quantitative estimate of drug-likeness (QED) is 0.653. The lowest BCUT2D eigenvalue weighted by molar-refractivity contribution is 0.146. The zero-order valence-electron chi connectivity index (χ0n) is 11.3. The van der Waals surface area contributed by atoms with Crippen LogP contribution in [-0.4, -0.2) is 23.2 Å². The maximum Gasteiger partial charge on any atom is 0.0595 e. The molecule has 2 atom stereocenters. The molecule has 0 saturated heterocycles. The predicted molar refractivity (Wildman–Crippen MR) is 83.6 cm³/mol. The molecule has 1 aromatic rings. The minimum absolute atomic E-state index is 0.0652. The highest BCUT2D eigenvalue weighted by Crippen LogP contribution is 2.27. The summed E-state index contributed by atoms with van der Waals surface area (Å²) < 4.78 is 17.6. The van der Waals surface area contributed by atoms with Crippen LogP contribution < -0.4 is 0 Å². The van der Waals surface area contributed by atoms with Gasteiger partial charge in [0, 0.05) is 23.2 Å². The van der Waals surface area contributed by atoms with Gasteiger partial charge in [0.2, 0.25) is 0 Å². The van der Waals surface area contributed by atoms with Crippen LogP contribution >= 0.6 is 23.2 Å². The molecule has 0 bridgehead atoms. The Balaban J connectivity index is 2.45. The molecule has 0 fully saturated rings.